The lowest BCUT2D eigenvalue weighted by Gasteiger charge is -2.26. The zero-order valence-electron chi connectivity index (χ0n) is 11.0. The molecule has 3 nitrogen and oxygen atoms in total. The second-order valence-electron chi connectivity index (χ2n) is 5.25. The second kappa shape index (κ2) is 4.99. The minimum atomic E-state index is 0.342. The van der Waals surface area contributed by atoms with Crippen LogP contribution in [-0.4, -0.2) is 16.3 Å². The van der Waals surface area contributed by atoms with Gasteiger partial charge in [-0.15, -0.1) is 0 Å². The normalized spacial score (nSPS) is 19.3. The van der Waals surface area contributed by atoms with E-state index >= 15 is 0 Å². The van der Waals surface area contributed by atoms with Crippen LogP contribution in [0.2, 0.25) is 5.02 Å². The molecule has 0 spiro atoms. The van der Waals surface area contributed by atoms with Crippen molar-refractivity contribution in [2.75, 3.05) is 6.54 Å². The van der Waals surface area contributed by atoms with Gasteiger partial charge in [-0.25, -0.2) is 0 Å². The SMILES string of the molecule is CCCn1ncc(Cl)c1C(NCC)C1(C)CC1. The molecule has 4 heteroatoms. The first kappa shape index (κ1) is 12.9. The van der Waals surface area contributed by atoms with Crippen molar-refractivity contribution in [3.8, 4) is 0 Å². The summed E-state index contributed by atoms with van der Waals surface area (Å²) < 4.78 is 2.07. The fraction of sp³-hybridized carbons (Fsp3) is 0.769. The predicted molar refractivity (Wildman–Crippen MR) is 71.3 cm³/mol. The molecule has 0 aliphatic heterocycles. The first-order valence-corrected chi connectivity index (χ1v) is 6.94. The Morgan fingerprint density at radius 3 is 2.76 bits per heavy atom. The first-order valence-electron chi connectivity index (χ1n) is 6.57. The van der Waals surface area contributed by atoms with E-state index in [1.165, 1.54) is 18.5 Å². The van der Waals surface area contributed by atoms with Crippen LogP contribution >= 0.6 is 11.6 Å². The van der Waals surface area contributed by atoms with Gasteiger partial charge in [-0.1, -0.05) is 32.4 Å². The number of aromatic nitrogens is 2. The second-order valence-corrected chi connectivity index (χ2v) is 5.65. The average molecular weight is 256 g/mol. The maximum Gasteiger partial charge on any atom is 0.0834 e. The molecule has 1 atom stereocenters. The van der Waals surface area contributed by atoms with E-state index in [4.69, 9.17) is 11.6 Å². The van der Waals surface area contributed by atoms with Crippen LogP contribution in [0.3, 0.4) is 0 Å². The van der Waals surface area contributed by atoms with Crippen molar-refractivity contribution >= 4 is 11.6 Å². The Hall–Kier alpha value is -0.540. The van der Waals surface area contributed by atoms with Gasteiger partial charge in [-0.05, 0) is 31.2 Å². The van der Waals surface area contributed by atoms with Gasteiger partial charge in [0, 0.05) is 6.54 Å². The number of aryl methyl sites for hydroxylation is 1. The predicted octanol–water partition coefficient (Wildman–Crippen LogP) is 3.40. The fourth-order valence-corrected chi connectivity index (χ4v) is 2.66. The molecular formula is C13H22ClN3. The smallest absolute Gasteiger partial charge is 0.0834 e. The number of halogens is 1. The summed E-state index contributed by atoms with van der Waals surface area (Å²) >= 11 is 6.32. The third kappa shape index (κ3) is 2.50. The third-order valence-electron chi connectivity index (χ3n) is 3.69. The van der Waals surface area contributed by atoms with E-state index in [1.54, 1.807) is 6.20 Å². The van der Waals surface area contributed by atoms with Gasteiger partial charge in [0.15, 0.2) is 0 Å². The van der Waals surface area contributed by atoms with E-state index in [9.17, 15) is 0 Å². The van der Waals surface area contributed by atoms with E-state index in [1.807, 2.05) is 0 Å². The molecule has 1 aliphatic rings. The minimum Gasteiger partial charge on any atom is -0.308 e. The Morgan fingerprint density at radius 1 is 1.53 bits per heavy atom. The summed E-state index contributed by atoms with van der Waals surface area (Å²) in [6.45, 7) is 8.56. The van der Waals surface area contributed by atoms with E-state index in [0.29, 0.717) is 11.5 Å². The molecule has 1 unspecified atom stereocenters. The van der Waals surface area contributed by atoms with Crippen LogP contribution in [-0.2, 0) is 6.54 Å². The lowest BCUT2D eigenvalue weighted by molar-refractivity contribution is 0.347. The molecule has 1 aromatic rings. The van der Waals surface area contributed by atoms with Gasteiger partial charge in [0.2, 0.25) is 0 Å². The van der Waals surface area contributed by atoms with Gasteiger partial charge >= 0.3 is 0 Å². The fourth-order valence-electron chi connectivity index (χ4n) is 2.41. The van der Waals surface area contributed by atoms with Crippen molar-refractivity contribution in [1.29, 1.82) is 0 Å². The topological polar surface area (TPSA) is 29.9 Å². The molecule has 96 valence electrons. The van der Waals surface area contributed by atoms with Crippen molar-refractivity contribution in [1.82, 2.24) is 15.1 Å². The monoisotopic (exact) mass is 255 g/mol. The van der Waals surface area contributed by atoms with Crippen molar-refractivity contribution in [3.63, 3.8) is 0 Å². The first-order chi connectivity index (χ1) is 8.12. The Bertz CT molecular complexity index is 382. The van der Waals surface area contributed by atoms with E-state index < -0.39 is 0 Å². The number of nitrogens with one attached hydrogen (secondary N) is 1. The molecule has 0 saturated heterocycles. The summed E-state index contributed by atoms with van der Waals surface area (Å²) in [6, 6.07) is 0.342. The molecule has 1 heterocycles. The van der Waals surface area contributed by atoms with E-state index in [2.05, 4.69) is 35.9 Å². The van der Waals surface area contributed by atoms with Crippen molar-refractivity contribution in [2.24, 2.45) is 5.41 Å². The summed E-state index contributed by atoms with van der Waals surface area (Å²) in [5.74, 6) is 0. The van der Waals surface area contributed by atoms with Crippen LogP contribution in [0.15, 0.2) is 6.20 Å². The molecule has 0 amide bonds. The highest BCUT2D eigenvalue weighted by molar-refractivity contribution is 6.31. The molecule has 1 N–H and O–H groups in total. The molecular weight excluding hydrogens is 234 g/mol. The molecule has 0 radical (unpaired) electrons. The average Bonchev–Trinajstić information content (AvgIpc) is 2.94. The lowest BCUT2D eigenvalue weighted by Crippen LogP contribution is -2.30. The van der Waals surface area contributed by atoms with Gasteiger partial charge in [0.25, 0.3) is 0 Å². The molecule has 1 saturated carbocycles. The summed E-state index contributed by atoms with van der Waals surface area (Å²) in [6.07, 6.45) is 5.42. The standard InChI is InChI=1S/C13H22ClN3/c1-4-8-17-11(10(14)9-16-17)12(15-5-2)13(3)6-7-13/h9,12,15H,4-8H2,1-3H3. The van der Waals surface area contributed by atoms with E-state index in [0.717, 1.165) is 24.5 Å². The largest absolute Gasteiger partial charge is 0.308 e. The highest BCUT2D eigenvalue weighted by atomic mass is 35.5. The highest BCUT2D eigenvalue weighted by Gasteiger charge is 2.47. The van der Waals surface area contributed by atoms with Gasteiger partial charge in [-0.3, -0.25) is 4.68 Å². The molecule has 1 aromatic heterocycles. The van der Waals surface area contributed by atoms with Crippen LogP contribution in [0.5, 0.6) is 0 Å². The maximum absolute atomic E-state index is 6.32. The number of rotatable bonds is 6. The van der Waals surface area contributed by atoms with E-state index in [-0.39, 0.29) is 0 Å². The van der Waals surface area contributed by atoms with Crippen molar-refractivity contribution in [2.45, 2.75) is 52.6 Å². The molecule has 0 bridgehead atoms. The molecule has 17 heavy (non-hydrogen) atoms. The summed E-state index contributed by atoms with van der Waals surface area (Å²) in [5.41, 5.74) is 1.54. The quantitative estimate of drug-likeness (QED) is 0.844. The number of nitrogens with zero attached hydrogens (tertiary/aromatic N) is 2. The van der Waals surface area contributed by atoms with Crippen molar-refractivity contribution < 1.29 is 0 Å². The zero-order valence-corrected chi connectivity index (χ0v) is 11.7. The summed E-state index contributed by atoms with van der Waals surface area (Å²) in [4.78, 5) is 0. The minimum absolute atomic E-state index is 0.342. The summed E-state index contributed by atoms with van der Waals surface area (Å²) in [7, 11) is 0. The number of hydrogen-bond acceptors (Lipinski definition) is 2. The molecule has 1 aliphatic carbocycles. The molecule has 2 rings (SSSR count). The Balaban J connectivity index is 2.31. The number of hydrogen-bond donors (Lipinski definition) is 1. The highest BCUT2D eigenvalue weighted by Crippen LogP contribution is 2.55. The lowest BCUT2D eigenvalue weighted by atomic mass is 9.95. The molecule has 0 aromatic carbocycles. The van der Waals surface area contributed by atoms with Crippen LogP contribution in [0.1, 0.15) is 51.8 Å². The van der Waals surface area contributed by atoms with Gasteiger partial charge in [-0.2, -0.15) is 5.10 Å². The maximum atomic E-state index is 6.32. The zero-order chi connectivity index (χ0) is 12.5. The van der Waals surface area contributed by atoms with Crippen LogP contribution in [0, 0.1) is 5.41 Å². The molecule has 1 fully saturated rings. The third-order valence-corrected chi connectivity index (χ3v) is 3.98. The van der Waals surface area contributed by atoms with Gasteiger partial charge < -0.3 is 5.32 Å². The van der Waals surface area contributed by atoms with Crippen LogP contribution < -0.4 is 5.32 Å². The van der Waals surface area contributed by atoms with Gasteiger partial charge in [0.1, 0.15) is 0 Å². The Labute approximate surface area is 109 Å². The van der Waals surface area contributed by atoms with Crippen LogP contribution in [0.25, 0.3) is 0 Å². The van der Waals surface area contributed by atoms with Crippen LogP contribution in [0.4, 0.5) is 0 Å². The van der Waals surface area contributed by atoms with Crippen molar-refractivity contribution in [3.05, 3.63) is 16.9 Å². The Kier molecular flexibility index (Phi) is 3.79. The van der Waals surface area contributed by atoms with Gasteiger partial charge in [0.05, 0.1) is 23.0 Å². The Morgan fingerprint density at radius 2 is 2.24 bits per heavy atom. The summed E-state index contributed by atoms with van der Waals surface area (Å²) in [5, 5.41) is 8.78.